The minimum atomic E-state index is -0.558. The van der Waals surface area contributed by atoms with Crippen LogP contribution < -0.4 is 5.32 Å². The predicted molar refractivity (Wildman–Crippen MR) is 83.7 cm³/mol. The van der Waals surface area contributed by atoms with Crippen molar-refractivity contribution in [2.45, 2.75) is 53.1 Å². The summed E-state index contributed by atoms with van der Waals surface area (Å²) in [5, 5.41) is 3.16. The van der Waals surface area contributed by atoms with Gasteiger partial charge in [-0.05, 0) is 31.9 Å². The first kappa shape index (κ1) is 17.4. The molecule has 0 amide bonds. The van der Waals surface area contributed by atoms with E-state index in [9.17, 15) is 9.59 Å². The summed E-state index contributed by atoms with van der Waals surface area (Å²) in [5.74, 6) is -0.437. The van der Waals surface area contributed by atoms with Gasteiger partial charge in [0.15, 0.2) is 5.78 Å². The number of benzene rings is 1. The Morgan fingerprint density at radius 2 is 1.67 bits per heavy atom. The van der Waals surface area contributed by atoms with Gasteiger partial charge in [-0.15, -0.1) is 0 Å². The maximum Gasteiger partial charge on any atom is 0.307 e. The van der Waals surface area contributed by atoms with Crippen LogP contribution in [0.25, 0.3) is 0 Å². The summed E-state index contributed by atoms with van der Waals surface area (Å²) in [6.07, 6.45) is 0.0419. The molecular weight excluding hydrogens is 266 g/mol. The van der Waals surface area contributed by atoms with Gasteiger partial charge in [-0.2, -0.15) is 0 Å². The molecule has 0 radical (unpaired) electrons. The fraction of sp³-hybridized carbons (Fsp3) is 0.529. The van der Waals surface area contributed by atoms with Crippen molar-refractivity contribution < 1.29 is 14.3 Å². The lowest BCUT2D eigenvalue weighted by Crippen LogP contribution is -2.43. The second kappa shape index (κ2) is 7.36. The Labute approximate surface area is 126 Å². The summed E-state index contributed by atoms with van der Waals surface area (Å²) in [6.45, 7) is 9.76. The van der Waals surface area contributed by atoms with Crippen LogP contribution in [-0.2, 0) is 9.53 Å². The SMILES string of the molecule is COC(=O)CC(NC(C)C)C(=O)c1c(C)cc(C)cc1C. The van der Waals surface area contributed by atoms with Gasteiger partial charge < -0.3 is 10.1 Å². The van der Waals surface area contributed by atoms with E-state index in [2.05, 4.69) is 5.32 Å². The molecule has 0 spiro atoms. The Bertz CT molecular complexity index is 512. The van der Waals surface area contributed by atoms with E-state index in [4.69, 9.17) is 4.74 Å². The molecule has 21 heavy (non-hydrogen) atoms. The molecule has 0 heterocycles. The first-order valence-electron chi connectivity index (χ1n) is 7.21. The number of hydrogen-bond acceptors (Lipinski definition) is 4. The zero-order valence-electron chi connectivity index (χ0n) is 13.7. The summed E-state index contributed by atoms with van der Waals surface area (Å²) in [7, 11) is 1.33. The molecule has 1 rings (SSSR count). The van der Waals surface area contributed by atoms with E-state index in [0.29, 0.717) is 5.56 Å². The van der Waals surface area contributed by atoms with Crippen LogP contribution in [0.1, 0.15) is 47.3 Å². The average Bonchev–Trinajstić information content (AvgIpc) is 2.35. The van der Waals surface area contributed by atoms with Crippen molar-refractivity contribution >= 4 is 11.8 Å². The Kier molecular flexibility index (Phi) is 6.09. The quantitative estimate of drug-likeness (QED) is 0.647. The fourth-order valence-electron chi connectivity index (χ4n) is 2.62. The largest absolute Gasteiger partial charge is 0.469 e. The first-order chi connectivity index (χ1) is 9.76. The number of Topliss-reactive ketones (excluding diaryl/α,β-unsaturated/α-hetero) is 1. The van der Waals surface area contributed by atoms with E-state index in [0.717, 1.165) is 16.7 Å². The fourth-order valence-corrected chi connectivity index (χ4v) is 2.62. The van der Waals surface area contributed by atoms with Gasteiger partial charge in [-0.1, -0.05) is 31.5 Å². The summed E-state index contributed by atoms with van der Waals surface area (Å²) in [4.78, 5) is 24.4. The highest BCUT2D eigenvalue weighted by Crippen LogP contribution is 2.19. The maximum atomic E-state index is 12.8. The van der Waals surface area contributed by atoms with E-state index in [1.54, 1.807) is 0 Å². The molecule has 0 aliphatic carbocycles. The number of carbonyl (C=O) groups is 2. The van der Waals surface area contributed by atoms with E-state index in [1.165, 1.54) is 7.11 Å². The lowest BCUT2D eigenvalue weighted by Gasteiger charge is -2.21. The second-order valence-electron chi connectivity index (χ2n) is 5.79. The van der Waals surface area contributed by atoms with Crippen LogP contribution in [0.3, 0.4) is 0 Å². The molecule has 1 aromatic rings. The van der Waals surface area contributed by atoms with Crippen molar-refractivity contribution in [3.8, 4) is 0 Å². The van der Waals surface area contributed by atoms with Crippen molar-refractivity contribution in [1.82, 2.24) is 5.32 Å². The van der Waals surface area contributed by atoms with E-state index in [1.807, 2.05) is 46.8 Å². The predicted octanol–water partition coefficient (Wildman–Crippen LogP) is 2.72. The summed E-state index contributed by atoms with van der Waals surface area (Å²) in [5.41, 5.74) is 3.71. The number of hydrogen-bond donors (Lipinski definition) is 1. The lowest BCUT2D eigenvalue weighted by atomic mass is 9.92. The molecule has 0 saturated carbocycles. The van der Waals surface area contributed by atoms with Crippen LogP contribution in [0.5, 0.6) is 0 Å². The number of esters is 1. The number of nitrogens with one attached hydrogen (secondary N) is 1. The molecule has 1 atom stereocenters. The molecule has 4 heteroatoms. The smallest absolute Gasteiger partial charge is 0.307 e. The summed E-state index contributed by atoms with van der Waals surface area (Å²) >= 11 is 0. The third-order valence-corrected chi connectivity index (χ3v) is 3.37. The lowest BCUT2D eigenvalue weighted by molar-refractivity contribution is -0.141. The van der Waals surface area contributed by atoms with Crippen molar-refractivity contribution in [2.75, 3.05) is 7.11 Å². The number of ketones is 1. The van der Waals surface area contributed by atoms with E-state index < -0.39 is 6.04 Å². The monoisotopic (exact) mass is 291 g/mol. The Balaban J connectivity index is 3.13. The highest BCUT2D eigenvalue weighted by Gasteiger charge is 2.26. The summed E-state index contributed by atoms with van der Waals surface area (Å²) < 4.78 is 4.70. The van der Waals surface area contributed by atoms with E-state index in [-0.39, 0.29) is 24.2 Å². The van der Waals surface area contributed by atoms with Gasteiger partial charge in [0.05, 0.1) is 19.6 Å². The molecular formula is C17H25NO3. The van der Waals surface area contributed by atoms with Gasteiger partial charge in [0.1, 0.15) is 0 Å². The van der Waals surface area contributed by atoms with Crippen LogP contribution in [-0.4, -0.2) is 30.9 Å². The van der Waals surface area contributed by atoms with Gasteiger partial charge in [0.25, 0.3) is 0 Å². The Morgan fingerprint density at radius 3 is 2.10 bits per heavy atom. The van der Waals surface area contributed by atoms with Crippen LogP contribution in [0.15, 0.2) is 12.1 Å². The molecule has 116 valence electrons. The minimum absolute atomic E-state index is 0.0419. The molecule has 0 aromatic heterocycles. The third-order valence-electron chi connectivity index (χ3n) is 3.37. The van der Waals surface area contributed by atoms with Gasteiger partial charge >= 0.3 is 5.97 Å². The number of methoxy groups -OCH3 is 1. The number of ether oxygens (including phenoxy) is 1. The third kappa shape index (κ3) is 4.67. The van der Waals surface area contributed by atoms with Gasteiger partial charge in [-0.3, -0.25) is 9.59 Å². The van der Waals surface area contributed by atoms with Crippen molar-refractivity contribution in [3.05, 3.63) is 34.4 Å². The zero-order chi connectivity index (χ0) is 16.2. The van der Waals surface area contributed by atoms with Crippen LogP contribution in [0.2, 0.25) is 0 Å². The topological polar surface area (TPSA) is 55.4 Å². The highest BCUT2D eigenvalue weighted by atomic mass is 16.5. The minimum Gasteiger partial charge on any atom is -0.469 e. The zero-order valence-corrected chi connectivity index (χ0v) is 13.7. The van der Waals surface area contributed by atoms with Crippen LogP contribution >= 0.6 is 0 Å². The molecule has 0 saturated heterocycles. The molecule has 0 bridgehead atoms. The van der Waals surface area contributed by atoms with Gasteiger partial charge in [-0.25, -0.2) is 0 Å². The van der Waals surface area contributed by atoms with Crippen molar-refractivity contribution in [2.24, 2.45) is 0 Å². The normalized spacial score (nSPS) is 12.3. The molecule has 0 fully saturated rings. The molecule has 1 N–H and O–H groups in total. The van der Waals surface area contributed by atoms with Gasteiger partial charge in [0, 0.05) is 11.6 Å². The molecule has 4 nitrogen and oxygen atoms in total. The Morgan fingerprint density at radius 1 is 1.14 bits per heavy atom. The summed E-state index contributed by atoms with van der Waals surface area (Å²) in [6, 6.07) is 3.53. The number of carbonyl (C=O) groups excluding carboxylic acids is 2. The molecule has 0 aliphatic heterocycles. The second-order valence-corrected chi connectivity index (χ2v) is 5.79. The van der Waals surface area contributed by atoms with Gasteiger partial charge in [0.2, 0.25) is 0 Å². The molecule has 1 unspecified atom stereocenters. The Hall–Kier alpha value is -1.68. The molecule has 1 aromatic carbocycles. The first-order valence-corrected chi connectivity index (χ1v) is 7.21. The average molecular weight is 291 g/mol. The standard InChI is InChI=1S/C17H25NO3/c1-10(2)18-14(9-15(19)21-6)17(20)16-12(4)7-11(3)8-13(16)5/h7-8,10,14,18H,9H2,1-6H3. The van der Waals surface area contributed by atoms with E-state index >= 15 is 0 Å². The van der Waals surface area contributed by atoms with Crippen molar-refractivity contribution in [1.29, 1.82) is 0 Å². The van der Waals surface area contributed by atoms with Crippen LogP contribution in [0.4, 0.5) is 0 Å². The maximum absolute atomic E-state index is 12.8. The van der Waals surface area contributed by atoms with Crippen molar-refractivity contribution in [3.63, 3.8) is 0 Å². The molecule has 0 aliphatic rings. The highest BCUT2D eigenvalue weighted by molar-refractivity contribution is 6.04. The number of rotatable bonds is 6. The number of aryl methyl sites for hydroxylation is 3. The van der Waals surface area contributed by atoms with Crippen LogP contribution in [0, 0.1) is 20.8 Å².